The van der Waals surface area contributed by atoms with E-state index in [1.165, 1.54) is 0 Å². The lowest BCUT2D eigenvalue weighted by atomic mass is 10.3. The van der Waals surface area contributed by atoms with Crippen LogP contribution in [0.3, 0.4) is 0 Å². The minimum Gasteiger partial charge on any atom is -0.477 e. The largest absolute Gasteiger partial charge is 0.477 e. The maximum absolute atomic E-state index is 10.7. The smallest absolute Gasteiger partial charge is 0.367 e. The summed E-state index contributed by atoms with van der Waals surface area (Å²) in [6.45, 7) is 0. The zero-order valence-electron chi connectivity index (χ0n) is 6.54. The minimum absolute atomic E-state index is 0.694. The van der Waals surface area contributed by atoms with Gasteiger partial charge in [-0.05, 0) is 12.1 Å². The number of halogens is 1. The average Bonchev–Trinajstić information content (AvgIpc) is 2.42. The van der Waals surface area contributed by atoms with E-state index in [-0.39, 0.29) is 0 Å². The Labute approximate surface area is 79.5 Å². The Hall–Kier alpha value is -1.42. The molecule has 0 saturated carbocycles. The molecule has 4 nitrogen and oxygen atoms in total. The first-order valence-corrected chi connectivity index (χ1v) is 4.07. The lowest BCUT2D eigenvalue weighted by Crippen LogP contribution is -2.43. The third-order valence-corrected chi connectivity index (χ3v) is 2.19. The highest BCUT2D eigenvalue weighted by Gasteiger charge is 2.41. The number of benzene rings is 1. The van der Waals surface area contributed by atoms with Crippen LogP contribution in [-0.2, 0) is 4.79 Å². The van der Waals surface area contributed by atoms with Gasteiger partial charge in [-0.25, -0.2) is 4.79 Å². The number of aliphatic carboxylic acids is 1. The molecule has 1 aliphatic heterocycles. The molecular weight excluding hydrogens is 192 g/mol. The van der Waals surface area contributed by atoms with Crippen molar-refractivity contribution >= 4 is 28.9 Å². The maximum Gasteiger partial charge on any atom is 0.367 e. The molecule has 0 aromatic heterocycles. The van der Waals surface area contributed by atoms with Crippen LogP contribution in [0, 0.1) is 0 Å². The number of para-hydroxylation sites is 2. The monoisotopic (exact) mass is 198 g/mol. The van der Waals surface area contributed by atoms with E-state index in [1.807, 2.05) is 0 Å². The van der Waals surface area contributed by atoms with Crippen molar-refractivity contribution in [2.75, 3.05) is 10.6 Å². The van der Waals surface area contributed by atoms with Crippen LogP contribution < -0.4 is 10.6 Å². The highest BCUT2D eigenvalue weighted by Crippen LogP contribution is 2.35. The zero-order valence-corrected chi connectivity index (χ0v) is 7.30. The fraction of sp³-hybridized carbons (Fsp3) is 0.125. The summed E-state index contributed by atoms with van der Waals surface area (Å²) in [7, 11) is 0. The van der Waals surface area contributed by atoms with Gasteiger partial charge in [-0.3, -0.25) is 0 Å². The SMILES string of the molecule is O=C(O)C1(Cl)Nc2ccccc2N1. The summed E-state index contributed by atoms with van der Waals surface area (Å²) in [4.78, 5) is 10.7. The molecule has 0 bridgehead atoms. The zero-order chi connectivity index (χ0) is 9.47. The molecule has 1 heterocycles. The number of hydrogen-bond donors (Lipinski definition) is 3. The predicted octanol–water partition coefficient (Wildman–Crippen LogP) is 1.50. The summed E-state index contributed by atoms with van der Waals surface area (Å²) >= 11 is 5.75. The molecule has 1 aromatic rings. The number of rotatable bonds is 1. The molecule has 0 fully saturated rings. The fourth-order valence-electron chi connectivity index (χ4n) is 1.21. The highest BCUT2D eigenvalue weighted by molar-refractivity contribution is 6.37. The van der Waals surface area contributed by atoms with Crippen LogP contribution in [0.5, 0.6) is 0 Å². The Morgan fingerprint density at radius 2 is 1.77 bits per heavy atom. The molecular formula is C8H7ClN2O2. The summed E-state index contributed by atoms with van der Waals surface area (Å²) in [6, 6.07) is 7.13. The first-order valence-electron chi connectivity index (χ1n) is 3.69. The van der Waals surface area contributed by atoms with Crippen LogP contribution >= 0.6 is 11.6 Å². The lowest BCUT2D eigenvalue weighted by Gasteiger charge is -2.16. The Kier molecular flexibility index (Phi) is 1.60. The van der Waals surface area contributed by atoms with Gasteiger partial charge in [0.15, 0.2) is 0 Å². The van der Waals surface area contributed by atoms with E-state index in [2.05, 4.69) is 10.6 Å². The molecule has 0 spiro atoms. The summed E-state index contributed by atoms with van der Waals surface area (Å²) < 4.78 is 0. The van der Waals surface area contributed by atoms with Crippen LogP contribution in [0.15, 0.2) is 24.3 Å². The Morgan fingerprint density at radius 3 is 2.15 bits per heavy atom. The van der Waals surface area contributed by atoms with Gasteiger partial charge < -0.3 is 15.7 Å². The first-order chi connectivity index (χ1) is 6.12. The van der Waals surface area contributed by atoms with E-state index < -0.39 is 11.1 Å². The Bertz CT molecular complexity index is 342. The standard InChI is InChI=1S/C8H7ClN2O2/c9-8(7(12)13)10-5-3-1-2-4-6(5)11-8/h1-4,10-11H,(H,12,13). The summed E-state index contributed by atoms with van der Waals surface area (Å²) in [5, 5.41) is 12.5. The minimum atomic E-state index is -1.61. The van der Waals surface area contributed by atoms with Crippen molar-refractivity contribution in [1.29, 1.82) is 0 Å². The molecule has 0 unspecified atom stereocenters. The molecule has 1 aromatic carbocycles. The number of alkyl halides is 1. The van der Waals surface area contributed by atoms with Gasteiger partial charge in [-0.1, -0.05) is 23.7 Å². The molecule has 1 aliphatic rings. The van der Waals surface area contributed by atoms with Crippen molar-refractivity contribution in [2.45, 2.75) is 5.12 Å². The fourth-order valence-corrected chi connectivity index (χ4v) is 1.41. The van der Waals surface area contributed by atoms with Gasteiger partial charge in [0.2, 0.25) is 0 Å². The summed E-state index contributed by atoms with van der Waals surface area (Å²) in [5.41, 5.74) is 1.39. The second-order valence-corrected chi connectivity index (χ2v) is 3.33. The van der Waals surface area contributed by atoms with Gasteiger partial charge in [0.05, 0.1) is 11.4 Å². The van der Waals surface area contributed by atoms with Crippen LogP contribution in [-0.4, -0.2) is 16.2 Å². The Balaban J connectivity index is 2.37. The van der Waals surface area contributed by atoms with E-state index in [1.54, 1.807) is 24.3 Å². The number of carboxylic acids is 1. The van der Waals surface area contributed by atoms with Gasteiger partial charge in [0.1, 0.15) is 0 Å². The van der Waals surface area contributed by atoms with Gasteiger partial charge in [-0.2, -0.15) is 0 Å². The number of nitrogens with one attached hydrogen (secondary N) is 2. The molecule has 0 amide bonds. The molecule has 0 aliphatic carbocycles. The normalized spacial score (nSPS) is 17.0. The van der Waals surface area contributed by atoms with Crippen LogP contribution in [0.2, 0.25) is 0 Å². The maximum atomic E-state index is 10.7. The summed E-state index contributed by atoms with van der Waals surface area (Å²) in [6.07, 6.45) is 0. The number of carbonyl (C=O) groups is 1. The number of carboxylic acid groups (broad SMARTS) is 1. The third kappa shape index (κ3) is 1.19. The van der Waals surface area contributed by atoms with E-state index in [0.717, 1.165) is 0 Å². The second kappa shape index (κ2) is 2.53. The van der Waals surface area contributed by atoms with Crippen LogP contribution in [0.4, 0.5) is 11.4 Å². The molecule has 0 atom stereocenters. The average molecular weight is 199 g/mol. The van der Waals surface area contributed by atoms with Crippen LogP contribution in [0.25, 0.3) is 0 Å². The Morgan fingerprint density at radius 1 is 1.31 bits per heavy atom. The van der Waals surface area contributed by atoms with Crippen molar-refractivity contribution < 1.29 is 9.90 Å². The molecule has 68 valence electrons. The van der Waals surface area contributed by atoms with Gasteiger partial charge in [0.25, 0.3) is 5.12 Å². The van der Waals surface area contributed by atoms with E-state index in [9.17, 15) is 4.79 Å². The van der Waals surface area contributed by atoms with E-state index >= 15 is 0 Å². The lowest BCUT2D eigenvalue weighted by molar-refractivity contribution is -0.138. The summed E-state index contributed by atoms with van der Waals surface area (Å²) in [5.74, 6) is -1.15. The molecule has 3 N–H and O–H groups in total. The topological polar surface area (TPSA) is 61.4 Å². The first kappa shape index (κ1) is 8.19. The van der Waals surface area contributed by atoms with Gasteiger partial charge in [0, 0.05) is 0 Å². The molecule has 13 heavy (non-hydrogen) atoms. The van der Waals surface area contributed by atoms with Crippen molar-refractivity contribution in [3.8, 4) is 0 Å². The van der Waals surface area contributed by atoms with Crippen molar-refractivity contribution in [3.63, 3.8) is 0 Å². The van der Waals surface area contributed by atoms with Crippen molar-refractivity contribution in [2.24, 2.45) is 0 Å². The van der Waals surface area contributed by atoms with Crippen molar-refractivity contribution in [1.82, 2.24) is 0 Å². The quantitative estimate of drug-likeness (QED) is 0.473. The molecule has 5 heteroatoms. The number of anilines is 2. The molecule has 0 saturated heterocycles. The van der Waals surface area contributed by atoms with Crippen LogP contribution in [0.1, 0.15) is 0 Å². The second-order valence-electron chi connectivity index (χ2n) is 2.76. The molecule has 0 radical (unpaired) electrons. The van der Waals surface area contributed by atoms with Gasteiger partial charge >= 0.3 is 5.97 Å². The van der Waals surface area contributed by atoms with E-state index in [0.29, 0.717) is 11.4 Å². The number of hydrogen-bond acceptors (Lipinski definition) is 3. The predicted molar refractivity (Wildman–Crippen MR) is 49.9 cm³/mol. The third-order valence-electron chi connectivity index (χ3n) is 1.84. The highest BCUT2D eigenvalue weighted by atomic mass is 35.5. The number of fused-ring (bicyclic) bond motifs is 1. The van der Waals surface area contributed by atoms with E-state index in [4.69, 9.17) is 16.7 Å². The van der Waals surface area contributed by atoms with Crippen molar-refractivity contribution in [3.05, 3.63) is 24.3 Å². The molecule has 2 rings (SSSR count). The van der Waals surface area contributed by atoms with Gasteiger partial charge in [-0.15, -0.1) is 0 Å².